The molecule has 1 unspecified atom stereocenters. The van der Waals surface area contributed by atoms with Gasteiger partial charge in [0, 0.05) is 11.3 Å². The van der Waals surface area contributed by atoms with Crippen LogP contribution in [0.5, 0.6) is 0 Å². The lowest BCUT2D eigenvalue weighted by atomic mass is 10.1. The summed E-state index contributed by atoms with van der Waals surface area (Å²) >= 11 is 4.83. The van der Waals surface area contributed by atoms with Gasteiger partial charge in [0.2, 0.25) is 5.91 Å². The minimum absolute atomic E-state index is 0.352. The third-order valence-corrected chi connectivity index (χ3v) is 3.71. The third kappa shape index (κ3) is 6.07. The van der Waals surface area contributed by atoms with Crippen molar-refractivity contribution in [2.75, 3.05) is 0 Å². The first-order chi connectivity index (χ1) is 8.67. The van der Waals surface area contributed by atoms with Crippen LogP contribution in [-0.4, -0.2) is 23.6 Å². The molecule has 0 saturated heterocycles. The normalized spacial score (nSPS) is 12.8. The molecule has 5 nitrogen and oxygen atoms in total. The van der Waals surface area contributed by atoms with Crippen molar-refractivity contribution in [1.29, 1.82) is 0 Å². The summed E-state index contributed by atoms with van der Waals surface area (Å²) in [6.45, 7) is 5.26. The number of hydrogen-bond donors (Lipinski definition) is 2. The highest BCUT2D eigenvalue weighted by Gasteiger charge is 2.23. The van der Waals surface area contributed by atoms with Gasteiger partial charge in [-0.25, -0.2) is 4.79 Å². The predicted octanol–water partition coefficient (Wildman–Crippen LogP) is 2.43. The van der Waals surface area contributed by atoms with Gasteiger partial charge >= 0.3 is 6.09 Å². The largest absolute Gasteiger partial charge is 0.444 e. The number of primary amides is 1. The predicted molar refractivity (Wildman–Crippen MR) is 78.1 cm³/mol. The van der Waals surface area contributed by atoms with E-state index < -0.39 is 23.6 Å². The fourth-order valence-electron chi connectivity index (χ4n) is 1.34. The van der Waals surface area contributed by atoms with Gasteiger partial charge in [-0.1, -0.05) is 0 Å². The second-order valence-corrected chi connectivity index (χ2v) is 7.56. The number of ether oxygens (including phenoxy) is 1. The Kier molecular flexibility index (Phi) is 5.37. The summed E-state index contributed by atoms with van der Waals surface area (Å²) in [4.78, 5) is 23.9. The molecule has 1 aromatic heterocycles. The summed E-state index contributed by atoms with van der Waals surface area (Å²) < 4.78 is 6.06. The van der Waals surface area contributed by atoms with E-state index in [4.69, 9.17) is 10.5 Å². The summed E-state index contributed by atoms with van der Waals surface area (Å²) in [6.07, 6.45) is -0.294. The number of rotatable bonds is 4. The van der Waals surface area contributed by atoms with Crippen LogP contribution in [0.25, 0.3) is 0 Å². The first-order valence-corrected chi connectivity index (χ1v) is 7.31. The monoisotopic (exact) mass is 348 g/mol. The fraction of sp³-hybridized carbons (Fsp3) is 0.500. The van der Waals surface area contributed by atoms with Crippen molar-refractivity contribution in [1.82, 2.24) is 5.32 Å². The van der Waals surface area contributed by atoms with Gasteiger partial charge in [-0.3, -0.25) is 4.79 Å². The van der Waals surface area contributed by atoms with Crippen LogP contribution in [0.15, 0.2) is 15.9 Å². The van der Waals surface area contributed by atoms with E-state index >= 15 is 0 Å². The molecule has 2 amide bonds. The average Bonchev–Trinajstić information content (AvgIpc) is 2.60. The average molecular weight is 349 g/mol. The minimum atomic E-state index is -0.777. The van der Waals surface area contributed by atoms with E-state index in [2.05, 4.69) is 21.2 Å². The molecule has 0 spiro atoms. The molecule has 1 rings (SSSR count). The standard InChI is InChI=1S/C12H17BrN2O3S/c1-12(2,3)18-11(17)15-8(10(14)16)6-7-4-5-9(13)19-7/h4-5,8H,6H2,1-3H3,(H2,14,16)(H,15,17). The second kappa shape index (κ2) is 6.38. The summed E-state index contributed by atoms with van der Waals surface area (Å²) in [6, 6.07) is 2.98. The van der Waals surface area contributed by atoms with E-state index in [0.717, 1.165) is 8.66 Å². The number of amides is 2. The third-order valence-electron chi connectivity index (χ3n) is 2.07. The lowest BCUT2D eigenvalue weighted by molar-refractivity contribution is -0.120. The van der Waals surface area contributed by atoms with Crippen LogP contribution in [-0.2, 0) is 16.0 Å². The molecular formula is C12H17BrN2O3S. The van der Waals surface area contributed by atoms with Crippen molar-refractivity contribution in [3.05, 3.63) is 20.8 Å². The Morgan fingerprint density at radius 2 is 2.11 bits per heavy atom. The van der Waals surface area contributed by atoms with Gasteiger partial charge in [0.05, 0.1) is 3.79 Å². The molecule has 0 saturated carbocycles. The van der Waals surface area contributed by atoms with E-state index in [1.165, 1.54) is 11.3 Å². The van der Waals surface area contributed by atoms with Crippen LogP contribution < -0.4 is 11.1 Å². The van der Waals surface area contributed by atoms with Gasteiger partial charge in [0.15, 0.2) is 0 Å². The zero-order valence-electron chi connectivity index (χ0n) is 11.0. The maximum Gasteiger partial charge on any atom is 0.408 e. The van der Waals surface area contributed by atoms with Crippen LogP contribution >= 0.6 is 27.3 Å². The Labute approximate surface area is 124 Å². The lowest BCUT2D eigenvalue weighted by Gasteiger charge is -2.22. The second-order valence-electron chi connectivity index (χ2n) is 5.01. The summed E-state index contributed by atoms with van der Waals surface area (Å²) in [5.74, 6) is -0.588. The SMILES string of the molecule is CC(C)(C)OC(=O)NC(Cc1ccc(Br)s1)C(N)=O. The molecule has 3 N–H and O–H groups in total. The number of carbonyl (C=O) groups is 2. The Hall–Kier alpha value is -1.08. The highest BCUT2D eigenvalue weighted by Crippen LogP contribution is 2.23. The maximum atomic E-state index is 11.6. The van der Waals surface area contributed by atoms with Crippen LogP contribution in [0.1, 0.15) is 25.6 Å². The van der Waals surface area contributed by atoms with Gasteiger partial charge in [0.1, 0.15) is 11.6 Å². The molecule has 7 heteroatoms. The topological polar surface area (TPSA) is 81.4 Å². The quantitative estimate of drug-likeness (QED) is 0.876. The van der Waals surface area contributed by atoms with Crippen LogP contribution in [0, 0.1) is 0 Å². The van der Waals surface area contributed by atoms with Gasteiger partial charge < -0.3 is 15.8 Å². The van der Waals surface area contributed by atoms with Crippen molar-refractivity contribution in [2.24, 2.45) is 5.73 Å². The smallest absolute Gasteiger partial charge is 0.408 e. The first-order valence-electron chi connectivity index (χ1n) is 5.70. The molecule has 0 aliphatic rings. The number of hydrogen-bond acceptors (Lipinski definition) is 4. The number of thiophene rings is 1. The molecule has 19 heavy (non-hydrogen) atoms. The first kappa shape index (κ1) is 16.0. The molecule has 1 atom stereocenters. The molecule has 106 valence electrons. The number of carbonyl (C=O) groups excluding carboxylic acids is 2. The van der Waals surface area contributed by atoms with E-state index in [1.54, 1.807) is 20.8 Å². The molecule has 0 bridgehead atoms. The summed E-state index contributed by atoms with van der Waals surface area (Å²) in [7, 11) is 0. The number of halogens is 1. The zero-order valence-corrected chi connectivity index (χ0v) is 13.4. The van der Waals surface area contributed by atoms with Crippen molar-refractivity contribution < 1.29 is 14.3 Å². The minimum Gasteiger partial charge on any atom is -0.444 e. The summed E-state index contributed by atoms with van der Waals surface area (Å²) in [5, 5.41) is 2.49. The van der Waals surface area contributed by atoms with Gasteiger partial charge in [-0.2, -0.15) is 0 Å². The molecule has 1 aromatic rings. The number of nitrogens with one attached hydrogen (secondary N) is 1. The van der Waals surface area contributed by atoms with E-state index in [9.17, 15) is 9.59 Å². The van der Waals surface area contributed by atoms with Crippen molar-refractivity contribution >= 4 is 39.3 Å². The van der Waals surface area contributed by atoms with E-state index in [1.807, 2.05) is 12.1 Å². The zero-order chi connectivity index (χ0) is 14.6. The highest BCUT2D eigenvalue weighted by atomic mass is 79.9. The van der Waals surface area contributed by atoms with Gasteiger partial charge in [-0.05, 0) is 48.8 Å². The Bertz CT molecular complexity index is 468. The van der Waals surface area contributed by atoms with Crippen LogP contribution in [0.4, 0.5) is 4.79 Å². The Morgan fingerprint density at radius 3 is 2.53 bits per heavy atom. The lowest BCUT2D eigenvalue weighted by Crippen LogP contribution is -2.47. The van der Waals surface area contributed by atoms with E-state index in [-0.39, 0.29) is 0 Å². The molecule has 0 aliphatic heterocycles. The maximum absolute atomic E-state index is 11.6. The van der Waals surface area contributed by atoms with Gasteiger partial charge in [-0.15, -0.1) is 11.3 Å². The van der Waals surface area contributed by atoms with Crippen LogP contribution in [0.3, 0.4) is 0 Å². The number of nitrogens with two attached hydrogens (primary N) is 1. The molecular weight excluding hydrogens is 332 g/mol. The highest BCUT2D eigenvalue weighted by molar-refractivity contribution is 9.11. The molecule has 0 aliphatic carbocycles. The molecule has 0 fully saturated rings. The summed E-state index contributed by atoms with van der Waals surface area (Å²) in [5.41, 5.74) is 4.67. The van der Waals surface area contributed by atoms with Gasteiger partial charge in [0.25, 0.3) is 0 Å². The molecule has 0 radical (unpaired) electrons. The van der Waals surface area contributed by atoms with Crippen molar-refractivity contribution in [3.8, 4) is 0 Å². The Balaban J connectivity index is 2.63. The van der Waals surface area contributed by atoms with E-state index in [0.29, 0.717) is 6.42 Å². The number of alkyl carbamates (subject to hydrolysis) is 1. The van der Waals surface area contributed by atoms with Crippen LogP contribution in [0.2, 0.25) is 0 Å². The van der Waals surface area contributed by atoms with Crippen molar-refractivity contribution in [3.63, 3.8) is 0 Å². The Morgan fingerprint density at radius 1 is 1.47 bits per heavy atom. The molecule has 0 aromatic carbocycles. The fourth-order valence-corrected chi connectivity index (χ4v) is 2.86. The molecule has 1 heterocycles. The van der Waals surface area contributed by atoms with Crippen molar-refractivity contribution in [2.45, 2.75) is 38.8 Å².